The smallest absolute Gasteiger partial charge is 0.258 e. The van der Waals surface area contributed by atoms with Crippen molar-refractivity contribution in [2.24, 2.45) is 5.92 Å². The molecule has 0 fully saturated rings. The molecule has 0 aromatic heterocycles. The number of hydrogen-bond donors (Lipinski definition) is 1. The summed E-state index contributed by atoms with van der Waals surface area (Å²) in [5.74, 6) is 0.535. The zero-order valence-corrected chi connectivity index (χ0v) is 15.0. The molecule has 0 saturated heterocycles. The molecular formula is C19H22N2O2S. The maximum Gasteiger partial charge on any atom is 0.258 e. The predicted molar refractivity (Wildman–Crippen MR) is 102 cm³/mol. The molecule has 1 N–H and O–H groups in total. The fraction of sp³-hybridized carbons (Fsp3) is 0.263. The van der Waals surface area contributed by atoms with E-state index in [-0.39, 0.29) is 17.7 Å². The molecule has 24 heavy (non-hydrogen) atoms. The molecule has 1 unspecified atom stereocenters. The fourth-order valence-corrected chi connectivity index (χ4v) is 2.94. The number of benzene rings is 2. The van der Waals surface area contributed by atoms with Gasteiger partial charge in [-0.2, -0.15) is 11.8 Å². The van der Waals surface area contributed by atoms with E-state index in [0.29, 0.717) is 11.3 Å². The van der Waals surface area contributed by atoms with E-state index in [2.05, 4.69) is 5.32 Å². The highest BCUT2D eigenvalue weighted by Crippen LogP contribution is 2.18. The van der Waals surface area contributed by atoms with Crippen molar-refractivity contribution >= 4 is 35.0 Å². The van der Waals surface area contributed by atoms with Gasteiger partial charge in [0, 0.05) is 35.7 Å². The summed E-state index contributed by atoms with van der Waals surface area (Å²) < 4.78 is 0. The van der Waals surface area contributed by atoms with E-state index < -0.39 is 0 Å². The molecule has 0 saturated carbocycles. The number of carbonyl (C=O) groups excluding carboxylic acids is 2. The lowest BCUT2D eigenvalue weighted by Gasteiger charge is -2.18. The Balaban J connectivity index is 2.12. The molecule has 0 aliphatic rings. The topological polar surface area (TPSA) is 49.4 Å². The third-order valence-electron chi connectivity index (χ3n) is 3.69. The van der Waals surface area contributed by atoms with Gasteiger partial charge in [0.2, 0.25) is 5.91 Å². The van der Waals surface area contributed by atoms with Gasteiger partial charge in [-0.05, 0) is 36.6 Å². The molecular weight excluding hydrogens is 320 g/mol. The van der Waals surface area contributed by atoms with Gasteiger partial charge in [0.05, 0.1) is 0 Å². The molecule has 2 amide bonds. The molecule has 1 atom stereocenters. The molecule has 0 bridgehead atoms. The first-order valence-corrected chi connectivity index (χ1v) is 9.15. The number of amides is 2. The average molecular weight is 342 g/mol. The van der Waals surface area contributed by atoms with Gasteiger partial charge >= 0.3 is 0 Å². The predicted octanol–water partition coefficient (Wildman–Crippen LogP) is 3.90. The minimum Gasteiger partial charge on any atom is -0.326 e. The normalized spacial score (nSPS) is 11.6. The minimum atomic E-state index is -0.116. The summed E-state index contributed by atoms with van der Waals surface area (Å²) in [5.41, 5.74) is 2.00. The van der Waals surface area contributed by atoms with Crippen LogP contribution in [0, 0.1) is 5.92 Å². The second kappa shape index (κ2) is 8.55. The van der Waals surface area contributed by atoms with Crippen molar-refractivity contribution in [3.63, 3.8) is 0 Å². The molecule has 0 radical (unpaired) electrons. The second-order valence-electron chi connectivity index (χ2n) is 5.63. The van der Waals surface area contributed by atoms with Crippen LogP contribution in [-0.2, 0) is 4.79 Å². The van der Waals surface area contributed by atoms with Crippen LogP contribution in [0.15, 0.2) is 54.6 Å². The monoisotopic (exact) mass is 342 g/mol. The molecule has 2 rings (SSSR count). The number of para-hydroxylation sites is 1. The number of hydrogen-bond acceptors (Lipinski definition) is 3. The Labute approximate surface area is 147 Å². The lowest BCUT2D eigenvalue weighted by Crippen LogP contribution is -2.26. The third-order valence-corrected chi connectivity index (χ3v) is 4.52. The highest BCUT2D eigenvalue weighted by Gasteiger charge is 2.16. The summed E-state index contributed by atoms with van der Waals surface area (Å²) in [4.78, 5) is 26.3. The maximum atomic E-state index is 12.6. The van der Waals surface area contributed by atoms with Gasteiger partial charge in [-0.15, -0.1) is 0 Å². The molecule has 2 aromatic carbocycles. The van der Waals surface area contributed by atoms with Gasteiger partial charge in [-0.25, -0.2) is 0 Å². The largest absolute Gasteiger partial charge is 0.326 e. The van der Waals surface area contributed by atoms with Gasteiger partial charge in [0.1, 0.15) is 0 Å². The number of carbonyl (C=O) groups is 2. The molecule has 0 spiro atoms. The summed E-state index contributed by atoms with van der Waals surface area (Å²) >= 11 is 1.64. The van der Waals surface area contributed by atoms with Crippen LogP contribution in [0.2, 0.25) is 0 Å². The first-order chi connectivity index (χ1) is 11.5. The molecule has 0 aliphatic heterocycles. The van der Waals surface area contributed by atoms with Gasteiger partial charge in [0.15, 0.2) is 0 Å². The first-order valence-electron chi connectivity index (χ1n) is 7.76. The van der Waals surface area contributed by atoms with E-state index in [9.17, 15) is 9.59 Å². The lowest BCUT2D eigenvalue weighted by atomic mass is 10.1. The highest BCUT2D eigenvalue weighted by atomic mass is 32.2. The van der Waals surface area contributed by atoms with Crippen molar-refractivity contribution in [3.05, 3.63) is 60.2 Å². The van der Waals surface area contributed by atoms with Crippen molar-refractivity contribution in [1.29, 1.82) is 0 Å². The molecule has 2 aromatic rings. The van der Waals surface area contributed by atoms with Crippen molar-refractivity contribution in [1.82, 2.24) is 0 Å². The average Bonchev–Trinajstić information content (AvgIpc) is 2.61. The SMILES string of the molecule is CSCC(C)C(=O)Nc1cccc(C(=O)N(C)c2ccccc2)c1. The minimum absolute atomic E-state index is 0.0367. The van der Waals surface area contributed by atoms with Crippen LogP contribution < -0.4 is 10.2 Å². The maximum absolute atomic E-state index is 12.6. The summed E-state index contributed by atoms with van der Waals surface area (Å²) in [6.45, 7) is 1.89. The Hall–Kier alpha value is -2.27. The van der Waals surface area contributed by atoms with E-state index in [1.54, 1.807) is 48.0 Å². The zero-order chi connectivity index (χ0) is 17.5. The van der Waals surface area contributed by atoms with Crippen LogP contribution >= 0.6 is 11.8 Å². The number of thioether (sulfide) groups is 1. The van der Waals surface area contributed by atoms with Crippen LogP contribution in [0.5, 0.6) is 0 Å². The van der Waals surface area contributed by atoms with E-state index in [1.807, 2.05) is 43.5 Å². The highest BCUT2D eigenvalue weighted by molar-refractivity contribution is 7.98. The lowest BCUT2D eigenvalue weighted by molar-refractivity contribution is -0.118. The van der Waals surface area contributed by atoms with Crippen molar-refractivity contribution in [2.75, 3.05) is 29.3 Å². The first kappa shape index (κ1) is 18.1. The molecule has 0 aliphatic carbocycles. The third kappa shape index (κ3) is 4.61. The number of anilines is 2. The Morgan fingerprint density at radius 1 is 1.12 bits per heavy atom. The van der Waals surface area contributed by atoms with Crippen molar-refractivity contribution in [2.45, 2.75) is 6.92 Å². The van der Waals surface area contributed by atoms with Gasteiger partial charge in [-0.3, -0.25) is 9.59 Å². The summed E-state index contributed by atoms with van der Waals surface area (Å²) in [5, 5.41) is 2.88. The van der Waals surface area contributed by atoms with E-state index >= 15 is 0 Å². The fourth-order valence-electron chi connectivity index (χ4n) is 2.28. The van der Waals surface area contributed by atoms with Crippen LogP contribution in [0.4, 0.5) is 11.4 Å². The quantitative estimate of drug-likeness (QED) is 0.866. The molecule has 0 heterocycles. The Morgan fingerprint density at radius 2 is 1.83 bits per heavy atom. The van der Waals surface area contributed by atoms with Crippen LogP contribution in [0.25, 0.3) is 0 Å². The van der Waals surface area contributed by atoms with Gasteiger partial charge in [-0.1, -0.05) is 31.2 Å². The van der Waals surface area contributed by atoms with Gasteiger partial charge < -0.3 is 10.2 Å². The van der Waals surface area contributed by atoms with Crippen LogP contribution in [-0.4, -0.2) is 30.9 Å². The summed E-state index contributed by atoms with van der Waals surface area (Å²) in [6, 6.07) is 16.5. The van der Waals surface area contributed by atoms with Gasteiger partial charge in [0.25, 0.3) is 5.91 Å². The standard InChI is InChI=1S/C19H22N2O2S/c1-14(13-24-3)18(22)20-16-9-7-8-15(12-16)19(23)21(2)17-10-5-4-6-11-17/h4-12,14H,13H2,1-3H3,(H,20,22). The zero-order valence-electron chi connectivity index (χ0n) is 14.2. The number of nitrogens with zero attached hydrogens (tertiary/aromatic N) is 1. The number of rotatable bonds is 6. The molecule has 126 valence electrons. The summed E-state index contributed by atoms with van der Waals surface area (Å²) in [6.07, 6.45) is 1.97. The molecule has 5 heteroatoms. The Kier molecular flexibility index (Phi) is 6.44. The van der Waals surface area contributed by atoms with E-state index in [4.69, 9.17) is 0 Å². The summed E-state index contributed by atoms with van der Waals surface area (Å²) in [7, 11) is 1.74. The molecule has 4 nitrogen and oxygen atoms in total. The van der Waals surface area contributed by atoms with Crippen LogP contribution in [0.1, 0.15) is 17.3 Å². The second-order valence-corrected chi connectivity index (χ2v) is 6.54. The van der Waals surface area contributed by atoms with Crippen molar-refractivity contribution in [3.8, 4) is 0 Å². The van der Waals surface area contributed by atoms with Crippen LogP contribution in [0.3, 0.4) is 0 Å². The Bertz CT molecular complexity index is 704. The Morgan fingerprint density at radius 3 is 2.50 bits per heavy atom. The number of nitrogens with one attached hydrogen (secondary N) is 1. The van der Waals surface area contributed by atoms with Crippen molar-refractivity contribution < 1.29 is 9.59 Å². The van der Waals surface area contributed by atoms with E-state index in [1.165, 1.54) is 0 Å². The van der Waals surface area contributed by atoms with E-state index in [0.717, 1.165) is 11.4 Å².